The van der Waals surface area contributed by atoms with Gasteiger partial charge in [-0.15, -0.1) is 0 Å². The smallest absolute Gasteiger partial charge is 0.172 e. The number of likely N-dealkylation sites (N-methyl/N-ethyl adjacent to an activating group) is 1. The van der Waals surface area contributed by atoms with E-state index in [1.807, 2.05) is 0 Å². The van der Waals surface area contributed by atoms with Gasteiger partial charge in [-0.3, -0.25) is 4.98 Å². The summed E-state index contributed by atoms with van der Waals surface area (Å²) in [5.41, 5.74) is 6.81. The zero-order valence-corrected chi connectivity index (χ0v) is 8.46. The van der Waals surface area contributed by atoms with Crippen LogP contribution in [-0.2, 0) is 0 Å². The molecule has 1 aromatic rings. The number of amidine groups is 1. The van der Waals surface area contributed by atoms with E-state index in [4.69, 9.17) is 16.0 Å². The number of aliphatic hydroxyl groups excluding tert-OH is 1. The third kappa shape index (κ3) is 2.57. The zero-order chi connectivity index (χ0) is 11.3. The van der Waals surface area contributed by atoms with Gasteiger partial charge in [-0.05, 0) is 6.07 Å². The molecule has 0 bridgehead atoms. The first-order valence-electron chi connectivity index (χ1n) is 4.44. The van der Waals surface area contributed by atoms with Crippen LogP contribution < -0.4 is 10.6 Å². The maximum absolute atomic E-state index is 8.81. The average molecular weight is 210 g/mol. The van der Waals surface area contributed by atoms with Crippen LogP contribution in [0.5, 0.6) is 0 Å². The fourth-order valence-electron chi connectivity index (χ4n) is 1.23. The minimum Gasteiger partial charge on any atom is -0.409 e. The number of aromatic nitrogens is 1. The van der Waals surface area contributed by atoms with Gasteiger partial charge in [0.15, 0.2) is 5.84 Å². The fourth-order valence-corrected chi connectivity index (χ4v) is 1.23. The van der Waals surface area contributed by atoms with E-state index in [9.17, 15) is 0 Å². The second-order valence-corrected chi connectivity index (χ2v) is 3.02. The van der Waals surface area contributed by atoms with Crippen LogP contribution in [0.15, 0.2) is 23.6 Å². The molecule has 0 aromatic carbocycles. The maximum atomic E-state index is 8.81. The molecule has 6 heteroatoms. The fraction of sp³-hybridized carbons (Fsp3) is 0.333. The number of pyridine rings is 1. The van der Waals surface area contributed by atoms with Crippen molar-refractivity contribution >= 4 is 11.5 Å². The van der Waals surface area contributed by atoms with E-state index in [1.54, 1.807) is 30.4 Å². The Labute approximate surface area is 87.6 Å². The number of nitrogens with two attached hydrogens (primary N) is 1. The molecule has 0 aliphatic rings. The second-order valence-electron chi connectivity index (χ2n) is 3.02. The Morgan fingerprint density at radius 3 is 3.00 bits per heavy atom. The first kappa shape index (κ1) is 11.3. The average Bonchev–Trinajstić information content (AvgIpc) is 2.28. The van der Waals surface area contributed by atoms with Crippen molar-refractivity contribution in [1.29, 1.82) is 0 Å². The standard InChI is InChI=1S/C9H14N4O2/c1-13(4-5-14)8-6-11-3-2-7(8)9(10)12-15/h2-3,6,14-15H,4-5H2,1H3,(H2,10,12). The number of rotatable bonds is 4. The van der Waals surface area contributed by atoms with Crippen molar-refractivity contribution < 1.29 is 10.3 Å². The summed E-state index contributed by atoms with van der Waals surface area (Å²) in [5.74, 6) is 0.0252. The van der Waals surface area contributed by atoms with Gasteiger partial charge in [-0.2, -0.15) is 0 Å². The third-order valence-electron chi connectivity index (χ3n) is 2.03. The Morgan fingerprint density at radius 2 is 2.40 bits per heavy atom. The van der Waals surface area contributed by atoms with Crippen molar-refractivity contribution in [1.82, 2.24) is 4.98 Å². The Morgan fingerprint density at radius 1 is 1.67 bits per heavy atom. The Hall–Kier alpha value is -1.82. The molecule has 0 saturated heterocycles. The minimum absolute atomic E-state index is 0.0252. The van der Waals surface area contributed by atoms with Crippen LogP contribution in [0.2, 0.25) is 0 Å². The van der Waals surface area contributed by atoms with E-state index in [0.29, 0.717) is 17.8 Å². The van der Waals surface area contributed by atoms with Gasteiger partial charge in [-0.25, -0.2) is 0 Å². The van der Waals surface area contributed by atoms with Gasteiger partial charge in [0.05, 0.1) is 18.5 Å². The Bertz CT molecular complexity index is 354. The van der Waals surface area contributed by atoms with Crippen LogP contribution in [0.25, 0.3) is 0 Å². The number of aliphatic hydroxyl groups is 1. The molecule has 0 atom stereocenters. The quantitative estimate of drug-likeness (QED) is 0.272. The zero-order valence-electron chi connectivity index (χ0n) is 8.46. The number of oxime groups is 1. The van der Waals surface area contributed by atoms with Crippen molar-refractivity contribution in [3.63, 3.8) is 0 Å². The van der Waals surface area contributed by atoms with Crippen LogP contribution in [0, 0.1) is 0 Å². The van der Waals surface area contributed by atoms with Gasteiger partial charge in [-0.1, -0.05) is 5.16 Å². The number of hydrogen-bond acceptors (Lipinski definition) is 5. The lowest BCUT2D eigenvalue weighted by atomic mass is 10.2. The van der Waals surface area contributed by atoms with Crippen molar-refractivity contribution in [3.05, 3.63) is 24.0 Å². The molecule has 4 N–H and O–H groups in total. The van der Waals surface area contributed by atoms with Gasteiger partial charge in [0.1, 0.15) is 0 Å². The topological polar surface area (TPSA) is 95.0 Å². The molecule has 0 spiro atoms. The largest absolute Gasteiger partial charge is 0.409 e. The van der Waals surface area contributed by atoms with Crippen LogP contribution in [0.1, 0.15) is 5.56 Å². The first-order valence-corrected chi connectivity index (χ1v) is 4.44. The predicted octanol–water partition coefficient (Wildman–Crippen LogP) is -0.395. The van der Waals surface area contributed by atoms with Gasteiger partial charge in [0, 0.05) is 25.4 Å². The predicted molar refractivity (Wildman–Crippen MR) is 57.1 cm³/mol. The van der Waals surface area contributed by atoms with Gasteiger partial charge in [0.25, 0.3) is 0 Å². The molecule has 0 amide bonds. The molecule has 0 unspecified atom stereocenters. The van der Waals surface area contributed by atoms with E-state index in [2.05, 4.69) is 10.1 Å². The van der Waals surface area contributed by atoms with E-state index in [-0.39, 0.29) is 12.4 Å². The number of hydrogen-bond donors (Lipinski definition) is 3. The van der Waals surface area contributed by atoms with Crippen molar-refractivity contribution in [2.24, 2.45) is 10.9 Å². The summed E-state index contributed by atoms with van der Waals surface area (Å²) < 4.78 is 0. The molecule has 0 fully saturated rings. The number of anilines is 1. The highest BCUT2D eigenvalue weighted by Gasteiger charge is 2.10. The molecule has 82 valence electrons. The molecular formula is C9H14N4O2. The van der Waals surface area contributed by atoms with Crippen LogP contribution in [0.3, 0.4) is 0 Å². The van der Waals surface area contributed by atoms with Crippen molar-refractivity contribution in [2.45, 2.75) is 0 Å². The molecule has 1 aromatic heterocycles. The normalized spacial score (nSPS) is 11.5. The third-order valence-corrected chi connectivity index (χ3v) is 2.03. The summed E-state index contributed by atoms with van der Waals surface area (Å²) in [6.07, 6.45) is 3.16. The summed E-state index contributed by atoms with van der Waals surface area (Å²) in [6.45, 7) is 0.485. The van der Waals surface area contributed by atoms with E-state index < -0.39 is 0 Å². The van der Waals surface area contributed by atoms with Crippen LogP contribution in [0.4, 0.5) is 5.69 Å². The number of nitrogens with zero attached hydrogens (tertiary/aromatic N) is 3. The van der Waals surface area contributed by atoms with Crippen molar-refractivity contribution in [2.75, 3.05) is 25.1 Å². The molecule has 1 rings (SSSR count). The highest BCUT2D eigenvalue weighted by Crippen LogP contribution is 2.16. The lowest BCUT2D eigenvalue weighted by Gasteiger charge is -2.20. The highest BCUT2D eigenvalue weighted by molar-refractivity contribution is 6.01. The lowest BCUT2D eigenvalue weighted by molar-refractivity contribution is 0.304. The summed E-state index contributed by atoms with van der Waals surface area (Å²) >= 11 is 0. The van der Waals surface area contributed by atoms with Crippen molar-refractivity contribution in [3.8, 4) is 0 Å². The lowest BCUT2D eigenvalue weighted by Crippen LogP contribution is -2.25. The van der Waals surface area contributed by atoms with E-state index in [1.165, 1.54) is 0 Å². The van der Waals surface area contributed by atoms with Crippen LogP contribution >= 0.6 is 0 Å². The highest BCUT2D eigenvalue weighted by atomic mass is 16.4. The summed E-state index contributed by atoms with van der Waals surface area (Å²) in [4.78, 5) is 5.73. The minimum atomic E-state index is 0.0252. The van der Waals surface area contributed by atoms with Crippen LogP contribution in [-0.4, -0.2) is 41.3 Å². The van der Waals surface area contributed by atoms with Gasteiger partial charge in [0.2, 0.25) is 0 Å². The Balaban J connectivity index is 3.06. The molecule has 6 nitrogen and oxygen atoms in total. The SMILES string of the molecule is CN(CCO)c1cnccc1/C(N)=N/O. The Kier molecular flexibility index (Phi) is 3.87. The molecule has 0 aliphatic heterocycles. The van der Waals surface area contributed by atoms with E-state index in [0.717, 1.165) is 0 Å². The summed E-state index contributed by atoms with van der Waals surface area (Å²) in [6, 6.07) is 1.65. The van der Waals surface area contributed by atoms with Gasteiger partial charge < -0.3 is 20.9 Å². The monoisotopic (exact) mass is 210 g/mol. The molecule has 15 heavy (non-hydrogen) atoms. The molecule has 0 saturated carbocycles. The first-order chi connectivity index (χ1) is 7.20. The second kappa shape index (κ2) is 5.16. The summed E-state index contributed by atoms with van der Waals surface area (Å²) in [5, 5.41) is 20.4. The summed E-state index contributed by atoms with van der Waals surface area (Å²) in [7, 11) is 1.79. The molecule has 1 heterocycles. The van der Waals surface area contributed by atoms with E-state index >= 15 is 0 Å². The molecule has 0 aliphatic carbocycles. The molecule has 0 radical (unpaired) electrons. The maximum Gasteiger partial charge on any atom is 0.172 e. The molecular weight excluding hydrogens is 196 g/mol. The van der Waals surface area contributed by atoms with Gasteiger partial charge >= 0.3 is 0 Å².